The number of para-hydroxylation sites is 1. The molecule has 2 aromatic carbocycles. The highest BCUT2D eigenvalue weighted by Gasteiger charge is 2.73. The van der Waals surface area contributed by atoms with Crippen molar-refractivity contribution in [2.45, 2.75) is 87.0 Å². The summed E-state index contributed by atoms with van der Waals surface area (Å²) < 4.78 is 6.60. The summed E-state index contributed by atoms with van der Waals surface area (Å²) >= 11 is 0. The lowest BCUT2D eigenvalue weighted by Crippen LogP contribution is -2.78. The maximum atomic E-state index is 13.3. The van der Waals surface area contributed by atoms with Gasteiger partial charge in [0, 0.05) is 41.7 Å². The Kier molecular flexibility index (Phi) is 5.18. The minimum absolute atomic E-state index is 0.00546. The van der Waals surface area contributed by atoms with Crippen LogP contribution in [0.25, 0.3) is 10.9 Å². The van der Waals surface area contributed by atoms with E-state index in [9.17, 15) is 15.0 Å². The van der Waals surface area contributed by atoms with Crippen molar-refractivity contribution in [2.75, 3.05) is 13.1 Å². The Morgan fingerprint density at radius 1 is 1.15 bits per heavy atom. The molecule has 204 valence electrons. The van der Waals surface area contributed by atoms with E-state index in [2.05, 4.69) is 27.3 Å². The zero-order valence-electron chi connectivity index (χ0n) is 22.3. The molecule has 7 heteroatoms. The van der Waals surface area contributed by atoms with Crippen molar-refractivity contribution in [2.24, 2.45) is 5.92 Å². The first-order valence-corrected chi connectivity index (χ1v) is 14.8. The topological polar surface area (TPSA) is 97.8 Å². The molecule has 2 bridgehead atoms. The number of aromatic amines is 1. The van der Waals surface area contributed by atoms with Crippen LogP contribution in [0.4, 0.5) is 0 Å². The van der Waals surface area contributed by atoms with Crippen LogP contribution in [0, 0.1) is 5.92 Å². The van der Waals surface area contributed by atoms with Gasteiger partial charge < -0.3 is 25.3 Å². The Morgan fingerprint density at radius 2 is 2.03 bits per heavy atom. The van der Waals surface area contributed by atoms with E-state index in [4.69, 9.17) is 4.74 Å². The van der Waals surface area contributed by atoms with Crippen LogP contribution in [0.2, 0.25) is 0 Å². The summed E-state index contributed by atoms with van der Waals surface area (Å²) in [5, 5.41) is 28.0. The second-order valence-electron chi connectivity index (χ2n) is 12.7. The first-order chi connectivity index (χ1) is 19.0. The van der Waals surface area contributed by atoms with Crippen molar-refractivity contribution in [3.05, 3.63) is 59.3 Å². The Labute approximate surface area is 228 Å². The van der Waals surface area contributed by atoms with Gasteiger partial charge in [0.1, 0.15) is 6.10 Å². The number of aryl methyl sites for hydroxylation is 1. The normalized spacial score (nSPS) is 32.9. The number of hydrogen-bond donors (Lipinski definition) is 4. The molecule has 3 fully saturated rings. The number of aromatic nitrogens is 1. The molecular formula is C32H37N3O4. The predicted molar refractivity (Wildman–Crippen MR) is 148 cm³/mol. The molecular weight excluding hydrogens is 490 g/mol. The molecule has 3 aliphatic carbocycles. The van der Waals surface area contributed by atoms with Crippen molar-refractivity contribution < 1.29 is 19.7 Å². The smallest absolute Gasteiger partial charge is 0.220 e. The van der Waals surface area contributed by atoms with Gasteiger partial charge in [-0.2, -0.15) is 0 Å². The molecule has 1 amide bonds. The van der Waals surface area contributed by atoms with Crippen LogP contribution >= 0.6 is 0 Å². The van der Waals surface area contributed by atoms with Crippen molar-refractivity contribution in [3.8, 4) is 11.5 Å². The van der Waals surface area contributed by atoms with E-state index in [1.54, 1.807) is 6.07 Å². The Hall–Kier alpha value is -3.03. The number of rotatable bonds is 6. The second-order valence-corrected chi connectivity index (χ2v) is 12.7. The molecule has 1 saturated heterocycles. The Bertz CT molecular complexity index is 1460. The van der Waals surface area contributed by atoms with Crippen LogP contribution in [0.3, 0.4) is 0 Å². The highest BCUT2D eigenvalue weighted by molar-refractivity contribution is 5.84. The fraction of sp³-hybridized carbons (Fsp3) is 0.531. The van der Waals surface area contributed by atoms with Crippen LogP contribution in [-0.2, 0) is 23.1 Å². The van der Waals surface area contributed by atoms with Crippen LogP contribution in [0.1, 0.15) is 61.6 Å². The number of H-pyrrole nitrogens is 1. The van der Waals surface area contributed by atoms with Crippen LogP contribution in [0.5, 0.6) is 11.5 Å². The first-order valence-electron chi connectivity index (χ1n) is 14.8. The minimum Gasteiger partial charge on any atom is -0.504 e. The van der Waals surface area contributed by atoms with E-state index in [0.717, 1.165) is 53.9 Å². The average Bonchev–Trinajstić information content (AvgIpc) is 3.48. The van der Waals surface area contributed by atoms with Gasteiger partial charge in [-0.05, 0) is 80.7 Å². The summed E-state index contributed by atoms with van der Waals surface area (Å²) in [5.74, 6) is 1.41. The molecule has 5 atom stereocenters. The first kappa shape index (κ1) is 23.8. The Balaban J connectivity index is 1.08. The third-order valence-corrected chi connectivity index (χ3v) is 10.9. The van der Waals surface area contributed by atoms with E-state index < -0.39 is 11.0 Å². The van der Waals surface area contributed by atoms with Gasteiger partial charge in [0.2, 0.25) is 5.91 Å². The number of phenolic OH excluding ortho intramolecular Hbond substituents is 1. The highest BCUT2D eigenvalue weighted by Crippen LogP contribution is 2.65. The van der Waals surface area contributed by atoms with Gasteiger partial charge in [-0.15, -0.1) is 0 Å². The molecule has 39 heavy (non-hydrogen) atoms. The lowest BCUT2D eigenvalue weighted by Gasteiger charge is -2.64. The molecule has 2 aliphatic heterocycles. The summed E-state index contributed by atoms with van der Waals surface area (Å²) in [6.45, 7) is 1.97. The summed E-state index contributed by atoms with van der Waals surface area (Å²) in [6, 6.07) is 11.8. The van der Waals surface area contributed by atoms with E-state index in [0.29, 0.717) is 31.4 Å². The van der Waals surface area contributed by atoms with Gasteiger partial charge in [0.15, 0.2) is 11.5 Å². The number of amides is 1. The molecule has 0 radical (unpaired) electrons. The standard InChI is InChI=1S/C32H37N3O4/c36-25-10-8-20-16-26-32(38)13-12-24(34-27(37)11-9-21-17-33-23-7-2-1-6-22(21)23)30-31(32,28(20)29(25)39-30)14-15-35(26)18-19-4-3-5-19/h1-2,6-8,10,17,19,24,26,30,33,36,38H,3-5,9,11-16,18H2,(H,34,37)/t24-,26-,30+,31+,32-/m1/s1. The van der Waals surface area contributed by atoms with Crippen LogP contribution in [-0.4, -0.2) is 62.9 Å². The molecule has 3 heterocycles. The van der Waals surface area contributed by atoms with Gasteiger partial charge in [-0.3, -0.25) is 9.69 Å². The lowest BCUT2D eigenvalue weighted by atomic mass is 9.48. The van der Waals surface area contributed by atoms with Crippen LogP contribution < -0.4 is 10.1 Å². The number of aromatic hydroxyl groups is 1. The van der Waals surface area contributed by atoms with Crippen molar-refractivity contribution in [1.29, 1.82) is 0 Å². The summed E-state index contributed by atoms with van der Waals surface area (Å²) in [4.78, 5) is 19.2. The van der Waals surface area contributed by atoms with Gasteiger partial charge in [-0.25, -0.2) is 0 Å². The minimum atomic E-state index is -0.934. The quantitative estimate of drug-likeness (QED) is 0.389. The van der Waals surface area contributed by atoms with Crippen molar-refractivity contribution >= 4 is 16.8 Å². The molecule has 5 aliphatic rings. The second kappa shape index (κ2) is 8.48. The summed E-state index contributed by atoms with van der Waals surface area (Å²) in [5.41, 5.74) is 2.88. The van der Waals surface area contributed by atoms with Gasteiger partial charge in [0.05, 0.1) is 17.1 Å². The number of nitrogens with zero attached hydrogens (tertiary/aromatic N) is 1. The Morgan fingerprint density at radius 3 is 2.87 bits per heavy atom. The van der Waals surface area contributed by atoms with E-state index in [1.807, 2.05) is 24.4 Å². The van der Waals surface area contributed by atoms with E-state index in [-0.39, 0.29) is 29.8 Å². The number of aliphatic hydroxyl groups is 1. The summed E-state index contributed by atoms with van der Waals surface area (Å²) in [6.07, 6.45) is 9.42. The third kappa shape index (κ3) is 3.26. The maximum absolute atomic E-state index is 13.3. The number of piperidine rings is 1. The molecule has 1 aromatic heterocycles. The number of benzene rings is 2. The van der Waals surface area contributed by atoms with Gasteiger partial charge in [0.25, 0.3) is 0 Å². The van der Waals surface area contributed by atoms with Crippen molar-refractivity contribution in [1.82, 2.24) is 15.2 Å². The molecule has 1 spiro atoms. The molecule has 4 N–H and O–H groups in total. The van der Waals surface area contributed by atoms with E-state index >= 15 is 0 Å². The molecule has 2 saturated carbocycles. The number of phenols is 1. The predicted octanol–water partition coefficient (Wildman–Crippen LogP) is 3.95. The number of hydrogen-bond acceptors (Lipinski definition) is 5. The monoisotopic (exact) mass is 527 g/mol. The van der Waals surface area contributed by atoms with Gasteiger partial charge >= 0.3 is 0 Å². The van der Waals surface area contributed by atoms with Crippen molar-refractivity contribution in [3.63, 3.8) is 0 Å². The zero-order chi connectivity index (χ0) is 26.4. The van der Waals surface area contributed by atoms with Gasteiger partial charge in [-0.1, -0.05) is 30.7 Å². The van der Waals surface area contributed by atoms with Crippen LogP contribution in [0.15, 0.2) is 42.6 Å². The largest absolute Gasteiger partial charge is 0.504 e. The molecule has 0 unspecified atom stereocenters. The summed E-state index contributed by atoms with van der Waals surface area (Å²) in [7, 11) is 0. The number of fused-ring (bicyclic) bond motifs is 1. The number of carbonyl (C=O) groups is 1. The molecule has 7 nitrogen and oxygen atoms in total. The third-order valence-electron chi connectivity index (χ3n) is 10.9. The number of ether oxygens (including phenoxy) is 1. The zero-order valence-corrected chi connectivity index (χ0v) is 22.3. The lowest BCUT2D eigenvalue weighted by molar-refractivity contribution is -0.194. The molecule has 3 aromatic rings. The fourth-order valence-corrected chi connectivity index (χ4v) is 8.87. The number of carbonyl (C=O) groups excluding carboxylic acids is 1. The number of nitrogens with one attached hydrogen (secondary N) is 2. The number of likely N-dealkylation sites (tertiary alicyclic amines) is 1. The molecule has 8 rings (SSSR count). The highest BCUT2D eigenvalue weighted by atomic mass is 16.5. The fourth-order valence-electron chi connectivity index (χ4n) is 8.87. The SMILES string of the molecule is O=C(CCc1c[nH]c2ccccc12)N[C@@H]1CC[C@@]2(O)[C@H]3Cc4ccc(O)c5c4[C@@]2(CCN3CC2CCC2)[C@H]1O5. The maximum Gasteiger partial charge on any atom is 0.220 e. The average molecular weight is 528 g/mol. The van der Waals surface area contributed by atoms with E-state index in [1.165, 1.54) is 24.8 Å².